The number of nitrogens with one attached hydrogen (secondary N) is 1. The Labute approximate surface area is 123 Å². The minimum Gasteiger partial charge on any atom is -0.384 e. The molecule has 1 aromatic heterocycles. The van der Waals surface area contributed by atoms with E-state index in [9.17, 15) is 8.78 Å². The highest BCUT2D eigenvalue weighted by Gasteiger charge is 2.12. The van der Waals surface area contributed by atoms with Crippen LogP contribution in [0.3, 0.4) is 0 Å². The highest BCUT2D eigenvalue weighted by molar-refractivity contribution is 9.10. The highest BCUT2D eigenvalue weighted by atomic mass is 79.9. The number of benzene rings is 1. The molecule has 0 fully saturated rings. The minimum absolute atomic E-state index is 0.254. The maximum absolute atomic E-state index is 13.7. The molecule has 4 nitrogen and oxygen atoms in total. The summed E-state index contributed by atoms with van der Waals surface area (Å²) in [6.45, 7) is 1.98. The van der Waals surface area contributed by atoms with E-state index in [4.69, 9.17) is 5.73 Å². The Bertz CT molecular complexity index is 611. The molecule has 0 saturated heterocycles. The van der Waals surface area contributed by atoms with Crippen LogP contribution in [-0.4, -0.2) is 9.97 Å². The fourth-order valence-electron chi connectivity index (χ4n) is 1.71. The second kappa shape index (κ2) is 6.13. The number of aromatic nitrogens is 2. The Morgan fingerprint density at radius 3 is 2.45 bits per heavy atom. The standard InChI is InChI=1S/C13H13BrF2N4/c1-2-3-11-18-10(17)6-12(19-11)20-13-8(15)4-7(14)5-9(13)16/h4-6H,2-3H2,1H3,(H3,17,18,19,20). The van der Waals surface area contributed by atoms with E-state index in [1.807, 2.05) is 6.92 Å². The SMILES string of the molecule is CCCc1nc(N)cc(Nc2c(F)cc(Br)cc2F)n1. The van der Waals surface area contributed by atoms with Crippen molar-refractivity contribution in [3.8, 4) is 0 Å². The van der Waals surface area contributed by atoms with E-state index >= 15 is 0 Å². The van der Waals surface area contributed by atoms with E-state index in [1.165, 1.54) is 18.2 Å². The van der Waals surface area contributed by atoms with Crippen molar-refractivity contribution < 1.29 is 8.78 Å². The first-order valence-corrected chi connectivity index (χ1v) is 6.84. The van der Waals surface area contributed by atoms with Crippen molar-refractivity contribution >= 4 is 33.3 Å². The molecule has 2 rings (SSSR count). The summed E-state index contributed by atoms with van der Waals surface area (Å²) in [6, 6.07) is 3.77. The molecule has 1 heterocycles. The predicted molar refractivity (Wildman–Crippen MR) is 77.8 cm³/mol. The van der Waals surface area contributed by atoms with E-state index in [0.29, 0.717) is 16.7 Å². The van der Waals surface area contributed by atoms with Crippen LogP contribution in [0.4, 0.5) is 26.1 Å². The fraction of sp³-hybridized carbons (Fsp3) is 0.231. The van der Waals surface area contributed by atoms with Crippen molar-refractivity contribution in [2.45, 2.75) is 19.8 Å². The second-order valence-corrected chi connectivity index (χ2v) is 5.13. The molecule has 3 N–H and O–H groups in total. The number of hydrogen-bond acceptors (Lipinski definition) is 4. The van der Waals surface area contributed by atoms with Crippen molar-refractivity contribution in [2.24, 2.45) is 0 Å². The predicted octanol–water partition coefficient (Wildman–Crippen LogP) is 3.80. The molecular formula is C13H13BrF2N4. The van der Waals surface area contributed by atoms with Gasteiger partial charge in [-0.15, -0.1) is 0 Å². The van der Waals surface area contributed by atoms with Gasteiger partial charge in [0.2, 0.25) is 0 Å². The van der Waals surface area contributed by atoms with Gasteiger partial charge in [-0.05, 0) is 18.6 Å². The third kappa shape index (κ3) is 3.41. The van der Waals surface area contributed by atoms with Gasteiger partial charge in [0.1, 0.15) is 23.1 Å². The highest BCUT2D eigenvalue weighted by Crippen LogP contribution is 2.26. The first-order chi connectivity index (χ1) is 9.49. The Balaban J connectivity index is 2.35. The van der Waals surface area contributed by atoms with Gasteiger partial charge in [-0.2, -0.15) is 0 Å². The fourth-order valence-corrected chi connectivity index (χ4v) is 2.11. The average molecular weight is 343 g/mol. The summed E-state index contributed by atoms with van der Waals surface area (Å²) in [4.78, 5) is 8.23. The van der Waals surface area contributed by atoms with Gasteiger partial charge in [0.05, 0.1) is 0 Å². The molecule has 106 valence electrons. The topological polar surface area (TPSA) is 63.8 Å². The molecule has 0 unspecified atom stereocenters. The van der Waals surface area contributed by atoms with Gasteiger partial charge < -0.3 is 11.1 Å². The molecule has 0 atom stereocenters. The van der Waals surface area contributed by atoms with Crippen LogP contribution in [0.1, 0.15) is 19.2 Å². The third-order valence-corrected chi connectivity index (χ3v) is 2.98. The molecule has 0 amide bonds. The Hall–Kier alpha value is -1.76. The van der Waals surface area contributed by atoms with Crippen LogP contribution in [0, 0.1) is 11.6 Å². The summed E-state index contributed by atoms with van der Waals surface area (Å²) in [5.41, 5.74) is 5.39. The van der Waals surface area contributed by atoms with Gasteiger partial charge >= 0.3 is 0 Å². The zero-order chi connectivity index (χ0) is 14.7. The number of anilines is 3. The summed E-state index contributed by atoms with van der Waals surface area (Å²) in [5, 5.41) is 2.61. The second-order valence-electron chi connectivity index (χ2n) is 4.21. The number of nitrogen functional groups attached to an aromatic ring is 1. The van der Waals surface area contributed by atoms with E-state index in [2.05, 4.69) is 31.2 Å². The van der Waals surface area contributed by atoms with Crippen molar-refractivity contribution in [3.05, 3.63) is 40.1 Å². The van der Waals surface area contributed by atoms with Crippen LogP contribution in [0.2, 0.25) is 0 Å². The summed E-state index contributed by atoms with van der Waals surface area (Å²) in [7, 11) is 0. The lowest BCUT2D eigenvalue weighted by Crippen LogP contribution is -2.05. The van der Waals surface area contributed by atoms with Gasteiger partial charge in [-0.25, -0.2) is 18.7 Å². The number of halogens is 3. The number of hydrogen-bond donors (Lipinski definition) is 2. The molecular weight excluding hydrogens is 330 g/mol. The molecule has 0 aliphatic heterocycles. The van der Waals surface area contributed by atoms with Gasteiger partial charge in [-0.3, -0.25) is 0 Å². The number of nitrogens with two attached hydrogens (primary N) is 1. The average Bonchev–Trinajstić information content (AvgIpc) is 2.33. The lowest BCUT2D eigenvalue weighted by atomic mass is 10.3. The van der Waals surface area contributed by atoms with Crippen molar-refractivity contribution in [2.75, 3.05) is 11.1 Å². The monoisotopic (exact) mass is 342 g/mol. The van der Waals surface area contributed by atoms with Crippen molar-refractivity contribution in [1.82, 2.24) is 9.97 Å². The lowest BCUT2D eigenvalue weighted by molar-refractivity contribution is 0.589. The Morgan fingerprint density at radius 1 is 1.20 bits per heavy atom. The molecule has 0 spiro atoms. The number of rotatable bonds is 4. The molecule has 0 radical (unpaired) electrons. The Kier molecular flexibility index (Phi) is 4.49. The van der Waals surface area contributed by atoms with Gasteiger partial charge in [0.15, 0.2) is 11.6 Å². The minimum atomic E-state index is -0.717. The molecule has 0 saturated carbocycles. The normalized spacial score (nSPS) is 10.6. The van der Waals surface area contributed by atoms with E-state index in [1.54, 1.807) is 0 Å². The Morgan fingerprint density at radius 2 is 1.85 bits per heavy atom. The van der Waals surface area contributed by atoms with E-state index in [-0.39, 0.29) is 17.3 Å². The van der Waals surface area contributed by atoms with Crippen molar-refractivity contribution in [3.63, 3.8) is 0 Å². The van der Waals surface area contributed by atoms with Gasteiger partial charge in [-0.1, -0.05) is 22.9 Å². The first-order valence-electron chi connectivity index (χ1n) is 6.04. The summed E-state index contributed by atoms with van der Waals surface area (Å²) >= 11 is 3.02. The molecule has 0 aliphatic rings. The summed E-state index contributed by atoms with van der Waals surface area (Å²) in [6.07, 6.45) is 1.49. The zero-order valence-corrected chi connectivity index (χ0v) is 12.3. The first kappa shape index (κ1) is 14.6. The van der Waals surface area contributed by atoms with Crippen LogP contribution in [0.5, 0.6) is 0 Å². The third-order valence-electron chi connectivity index (χ3n) is 2.53. The lowest BCUT2D eigenvalue weighted by Gasteiger charge is -2.10. The number of aryl methyl sites for hydroxylation is 1. The smallest absolute Gasteiger partial charge is 0.150 e. The molecule has 0 bridgehead atoms. The van der Waals surface area contributed by atoms with Gasteiger partial charge in [0, 0.05) is 17.0 Å². The largest absolute Gasteiger partial charge is 0.384 e. The molecule has 20 heavy (non-hydrogen) atoms. The van der Waals surface area contributed by atoms with Gasteiger partial charge in [0.25, 0.3) is 0 Å². The molecule has 1 aromatic carbocycles. The zero-order valence-electron chi connectivity index (χ0n) is 10.8. The summed E-state index contributed by atoms with van der Waals surface area (Å²) < 4.78 is 27.8. The van der Waals surface area contributed by atoms with Crippen LogP contribution in [-0.2, 0) is 6.42 Å². The maximum atomic E-state index is 13.7. The van der Waals surface area contributed by atoms with Crippen LogP contribution >= 0.6 is 15.9 Å². The van der Waals surface area contributed by atoms with Crippen LogP contribution in [0.15, 0.2) is 22.7 Å². The molecule has 2 aromatic rings. The molecule has 0 aliphatic carbocycles. The van der Waals surface area contributed by atoms with Crippen LogP contribution < -0.4 is 11.1 Å². The van der Waals surface area contributed by atoms with Crippen molar-refractivity contribution in [1.29, 1.82) is 0 Å². The molecule has 7 heteroatoms. The quantitative estimate of drug-likeness (QED) is 0.887. The number of nitrogens with zero attached hydrogens (tertiary/aromatic N) is 2. The van der Waals surface area contributed by atoms with E-state index < -0.39 is 11.6 Å². The summed E-state index contributed by atoms with van der Waals surface area (Å²) in [5.74, 6) is -0.380. The van der Waals surface area contributed by atoms with E-state index in [0.717, 1.165) is 6.42 Å². The maximum Gasteiger partial charge on any atom is 0.150 e. The van der Waals surface area contributed by atoms with Crippen LogP contribution in [0.25, 0.3) is 0 Å².